The molecule has 0 fully saturated rings. The van der Waals surface area contributed by atoms with Crippen molar-refractivity contribution in [2.75, 3.05) is 39.6 Å². The van der Waals surface area contributed by atoms with E-state index in [9.17, 15) is 43.2 Å². The van der Waals surface area contributed by atoms with Crippen molar-refractivity contribution in [1.29, 1.82) is 0 Å². The average molecular weight is 1440 g/mol. The first-order valence-corrected chi connectivity index (χ1v) is 43.8. The predicted octanol–water partition coefficient (Wildman–Crippen LogP) is 23.2. The van der Waals surface area contributed by atoms with Crippen LogP contribution < -0.4 is 0 Å². The van der Waals surface area contributed by atoms with Crippen LogP contribution in [0.2, 0.25) is 0 Å². The number of ether oxygens (including phenoxy) is 4. The highest BCUT2D eigenvalue weighted by molar-refractivity contribution is 7.47. The van der Waals surface area contributed by atoms with Gasteiger partial charge in [-0.15, -0.1) is 0 Å². The van der Waals surface area contributed by atoms with E-state index in [1.165, 1.54) is 199 Å². The van der Waals surface area contributed by atoms with Crippen LogP contribution in [0.25, 0.3) is 0 Å². The van der Waals surface area contributed by atoms with Crippen LogP contribution in [0.3, 0.4) is 0 Å². The minimum atomic E-state index is -4.96. The molecule has 19 heteroatoms. The van der Waals surface area contributed by atoms with Crippen molar-refractivity contribution < 1.29 is 80.2 Å². The number of phosphoric ester groups is 2. The summed E-state index contributed by atoms with van der Waals surface area (Å²) in [7, 11) is -9.92. The molecule has 0 aromatic heterocycles. The number of aliphatic hydroxyl groups is 1. The molecular formula is C79H154O17P2. The van der Waals surface area contributed by atoms with Gasteiger partial charge >= 0.3 is 39.5 Å². The minimum Gasteiger partial charge on any atom is -0.462 e. The summed E-state index contributed by atoms with van der Waals surface area (Å²) in [5.41, 5.74) is 0. The second-order valence-electron chi connectivity index (χ2n) is 29.9. The quantitative estimate of drug-likeness (QED) is 0.0222. The molecule has 98 heavy (non-hydrogen) atoms. The van der Waals surface area contributed by atoms with E-state index in [-0.39, 0.29) is 25.7 Å². The van der Waals surface area contributed by atoms with Gasteiger partial charge in [-0.05, 0) is 49.4 Å². The Kier molecular flexibility index (Phi) is 66.8. The molecule has 0 heterocycles. The van der Waals surface area contributed by atoms with E-state index in [1.807, 2.05) is 0 Å². The lowest BCUT2D eigenvalue weighted by molar-refractivity contribution is -0.161. The van der Waals surface area contributed by atoms with E-state index >= 15 is 0 Å². The third kappa shape index (κ3) is 69.8. The Morgan fingerprint density at radius 2 is 0.490 bits per heavy atom. The summed E-state index contributed by atoms with van der Waals surface area (Å²) >= 11 is 0. The van der Waals surface area contributed by atoms with Gasteiger partial charge in [0.15, 0.2) is 12.2 Å². The van der Waals surface area contributed by atoms with Gasteiger partial charge in [0.1, 0.15) is 19.3 Å². The van der Waals surface area contributed by atoms with Gasteiger partial charge in [-0.3, -0.25) is 37.3 Å². The van der Waals surface area contributed by atoms with Crippen LogP contribution in [0.1, 0.15) is 402 Å². The van der Waals surface area contributed by atoms with Gasteiger partial charge < -0.3 is 33.8 Å². The molecule has 0 aromatic carbocycles. The molecule has 0 aliphatic rings. The molecule has 0 aliphatic heterocycles. The first kappa shape index (κ1) is 96.1. The molecule has 582 valence electrons. The number of esters is 4. The molecule has 3 N–H and O–H groups in total. The number of phosphoric acid groups is 2. The summed E-state index contributed by atoms with van der Waals surface area (Å²) in [6.45, 7) is 14.2. The van der Waals surface area contributed by atoms with E-state index in [0.29, 0.717) is 25.7 Å². The standard InChI is InChI=1S/C79H154O17P2/c1-9-71(7)57-49-41-33-27-21-17-14-15-18-22-28-34-43-51-59-76(81)89-65-74(95-79(84)62-54-46-36-30-24-26-32-40-48-56-70(5)6)67-93-97(85,86)91-63-73(80)64-92-98(87,88)94-68-75(66-90-77(82)60-52-44-38-37-42-50-58-72(8)10-2)96-78(83)61-53-45-35-29-23-19-13-11-12-16-20-25-31-39-47-55-69(3)4/h69-75,80H,9-68H2,1-8H3,(H,85,86)(H,87,88)/t71?,72?,73-,74-,75-/m1/s1. The third-order valence-corrected chi connectivity index (χ3v) is 20.9. The fourth-order valence-electron chi connectivity index (χ4n) is 12.0. The summed E-state index contributed by atoms with van der Waals surface area (Å²) in [6, 6.07) is 0. The Morgan fingerprint density at radius 1 is 0.286 bits per heavy atom. The highest BCUT2D eigenvalue weighted by atomic mass is 31.2. The fraction of sp³-hybridized carbons (Fsp3) is 0.949. The molecule has 0 amide bonds. The first-order chi connectivity index (χ1) is 47.2. The predicted molar refractivity (Wildman–Crippen MR) is 400 cm³/mol. The van der Waals surface area contributed by atoms with Gasteiger partial charge in [-0.25, -0.2) is 9.13 Å². The topological polar surface area (TPSA) is 237 Å². The van der Waals surface area contributed by atoms with Crippen LogP contribution in [-0.4, -0.2) is 96.7 Å². The Labute approximate surface area is 600 Å². The van der Waals surface area contributed by atoms with E-state index in [2.05, 4.69) is 55.4 Å². The molecule has 17 nitrogen and oxygen atoms in total. The lowest BCUT2D eigenvalue weighted by atomic mass is 9.99. The summed E-state index contributed by atoms with van der Waals surface area (Å²) in [5, 5.41) is 10.6. The Bertz CT molecular complexity index is 1920. The maximum atomic E-state index is 13.1. The van der Waals surface area contributed by atoms with E-state index in [0.717, 1.165) is 120 Å². The van der Waals surface area contributed by atoms with E-state index < -0.39 is 97.5 Å². The molecule has 4 unspecified atom stereocenters. The average Bonchev–Trinajstić information content (AvgIpc) is 0.933. The van der Waals surface area contributed by atoms with Crippen molar-refractivity contribution in [3.05, 3.63) is 0 Å². The van der Waals surface area contributed by atoms with Crippen LogP contribution in [0, 0.1) is 23.7 Å². The van der Waals surface area contributed by atoms with Crippen LogP contribution in [0.5, 0.6) is 0 Å². The van der Waals surface area contributed by atoms with Crippen molar-refractivity contribution >= 4 is 39.5 Å². The van der Waals surface area contributed by atoms with E-state index in [4.69, 9.17) is 37.0 Å². The van der Waals surface area contributed by atoms with Gasteiger partial charge in [-0.1, -0.05) is 351 Å². The molecule has 0 aliphatic carbocycles. The van der Waals surface area contributed by atoms with Crippen molar-refractivity contribution in [2.45, 2.75) is 420 Å². The fourth-order valence-corrected chi connectivity index (χ4v) is 13.6. The molecule has 0 radical (unpaired) electrons. The van der Waals surface area contributed by atoms with Gasteiger partial charge in [0.2, 0.25) is 0 Å². The smallest absolute Gasteiger partial charge is 0.462 e. The maximum Gasteiger partial charge on any atom is 0.472 e. The van der Waals surface area contributed by atoms with Crippen molar-refractivity contribution in [1.82, 2.24) is 0 Å². The maximum absolute atomic E-state index is 13.1. The number of aliphatic hydroxyl groups excluding tert-OH is 1. The van der Waals surface area contributed by atoms with Crippen molar-refractivity contribution in [3.63, 3.8) is 0 Å². The molecule has 0 saturated carbocycles. The minimum absolute atomic E-state index is 0.105. The zero-order valence-electron chi connectivity index (χ0n) is 64.4. The zero-order chi connectivity index (χ0) is 72.4. The summed E-state index contributed by atoms with van der Waals surface area (Å²) in [5.74, 6) is 1.00. The Balaban J connectivity index is 5.21. The summed E-state index contributed by atoms with van der Waals surface area (Å²) in [6.07, 6.45) is 54.1. The number of carbonyl (C=O) groups excluding carboxylic acids is 4. The van der Waals surface area contributed by atoms with Crippen LogP contribution in [-0.2, 0) is 65.4 Å². The molecule has 0 spiro atoms. The zero-order valence-corrected chi connectivity index (χ0v) is 66.2. The van der Waals surface area contributed by atoms with Crippen molar-refractivity contribution in [2.24, 2.45) is 23.7 Å². The second kappa shape index (κ2) is 68.2. The molecule has 0 rings (SSSR count). The highest BCUT2D eigenvalue weighted by Crippen LogP contribution is 2.45. The molecule has 0 saturated heterocycles. The normalized spacial score (nSPS) is 14.6. The summed E-state index contributed by atoms with van der Waals surface area (Å²) < 4.78 is 68.6. The Hall–Kier alpha value is -1.94. The molecule has 7 atom stereocenters. The lowest BCUT2D eigenvalue weighted by Gasteiger charge is -2.21. The first-order valence-electron chi connectivity index (χ1n) is 40.8. The van der Waals surface area contributed by atoms with Crippen LogP contribution in [0.4, 0.5) is 0 Å². The molecule has 0 bridgehead atoms. The van der Waals surface area contributed by atoms with Gasteiger partial charge in [0.05, 0.1) is 26.4 Å². The second-order valence-corrected chi connectivity index (χ2v) is 32.8. The van der Waals surface area contributed by atoms with Crippen LogP contribution >= 0.6 is 15.6 Å². The largest absolute Gasteiger partial charge is 0.472 e. The van der Waals surface area contributed by atoms with Gasteiger partial charge in [0.25, 0.3) is 0 Å². The summed E-state index contributed by atoms with van der Waals surface area (Å²) in [4.78, 5) is 72.9. The number of hydrogen-bond acceptors (Lipinski definition) is 15. The SMILES string of the molecule is CCC(C)CCCCCCCCCCCCCCCCC(=O)OC[C@H](COP(=O)(O)OC[C@@H](O)COP(=O)(O)OC[C@@H](COC(=O)CCCCCCCCC(C)CC)OC(=O)CCCCCCCCCCCCCCCCCC(C)C)OC(=O)CCCCCCCCCCCC(C)C. The lowest BCUT2D eigenvalue weighted by Crippen LogP contribution is -2.30. The number of rotatable bonds is 76. The number of unbranched alkanes of at least 4 members (excludes halogenated alkanes) is 40. The van der Waals surface area contributed by atoms with Crippen molar-refractivity contribution in [3.8, 4) is 0 Å². The third-order valence-electron chi connectivity index (χ3n) is 19.0. The monoisotopic (exact) mass is 1440 g/mol. The number of hydrogen-bond donors (Lipinski definition) is 3. The van der Waals surface area contributed by atoms with Gasteiger partial charge in [0, 0.05) is 25.7 Å². The van der Waals surface area contributed by atoms with E-state index in [1.54, 1.807) is 0 Å². The van der Waals surface area contributed by atoms with Gasteiger partial charge in [-0.2, -0.15) is 0 Å². The Morgan fingerprint density at radius 3 is 0.724 bits per heavy atom. The molecule has 0 aromatic rings. The van der Waals surface area contributed by atoms with Crippen LogP contribution in [0.15, 0.2) is 0 Å². The highest BCUT2D eigenvalue weighted by Gasteiger charge is 2.30. The number of carbonyl (C=O) groups is 4. The molecular weight excluding hydrogens is 1280 g/mol.